The van der Waals surface area contributed by atoms with Gasteiger partial charge in [-0.25, -0.2) is 4.79 Å². The number of benzene rings is 1. The van der Waals surface area contributed by atoms with Gasteiger partial charge >= 0.3 is 11.9 Å². The minimum absolute atomic E-state index is 0.000503. The summed E-state index contributed by atoms with van der Waals surface area (Å²) >= 11 is 10.1. The van der Waals surface area contributed by atoms with Gasteiger partial charge in [-0.3, -0.25) is 14.4 Å². The third-order valence-corrected chi connectivity index (χ3v) is 5.59. The van der Waals surface area contributed by atoms with Gasteiger partial charge in [-0.2, -0.15) is 0 Å². The first kappa shape index (κ1) is 28.2. The maximum atomic E-state index is 13.0. The van der Waals surface area contributed by atoms with Crippen LogP contribution in [0.15, 0.2) is 50.1 Å². The molecule has 2 rings (SSSR count). The topological polar surface area (TPSA) is 120 Å². The van der Waals surface area contributed by atoms with E-state index in [1.54, 1.807) is 0 Å². The Kier molecular flexibility index (Phi) is 11.0. The average molecular weight is 523 g/mol. The van der Waals surface area contributed by atoms with Gasteiger partial charge < -0.3 is 24.8 Å². The molecule has 0 aromatic heterocycles. The minimum atomic E-state index is -1.13. The predicted octanol–water partition coefficient (Wildman–Crippen LogP) is 2.97. The highest BCUT2D eigenvalue weighted by atomic mass is 35.5. The second-order valence-electron chi connectivity index (χ2n) is 7.50. The van der Waals surface area contributed by atoms with Crippen molar-refractivity contribution in [2.24, 2.45) is 11.8 Å². The molecule has 1 aromatic carbocycles. The molecule has 188 valence electrons. The predicted molar refractivity (Wildman–Crippen MR) is 135 cm³/mol. The SMILES string of the molecule is C=CCOC(=O)c1cc(Cl)c(OCC=C)c(NC(=O)[C@@H]2C[C@@H](C(C(=O)S)C(=O)OCC=C)CN2)c1. The molecule has 1 fully saturated rings. The van der Waals surface area contributed by atoms with Crippen molar-refractivity contribution in [1.82, 2.24) is 5.32 Å². The van der Waals surface area contributed by atoms with E-state index in [9.17, 15) is 19.2 Å². The van der Waals surface area contributed by atoms with Crippen molar-refractivity contribution in [2.45, 2.75) is 12.5 Å². The lowest BCUT2D eigenvalue weighted by atomic mass is 9.90. The van der Waals surface area contributed by atoms with Gasteiger partial charge in [0.25, 0.3) is 0 Å². The molecule has 2 N–H and O–H groups in total. The molecular weight excluding hydrogens is 496 g/mol. The summed E-state index contributed by atoms with van der Waals surface area (Å²) in [5.41, 5.74) is 0.244. The molecular formula is C24H27ClN2O7S. The molecule has 1 unspecified atom stereocenters. The van der Waals surface area contributed by atoms with Crippen LogP contribution in [0.4, 0.5) is 5.69 Å². The van der Waals surface area contributed by atoms with E-state index in [0.717, 1.165) is 0 Å². The van der Waals surface area contributed by atoms with E-state index in [4.69, 9.17) is 25.8 Å². The van der Waals surface area contributed by atoms with Crippen molar-refractivity contribution in [1.29, 1.82) is 0 Å². The van der Waals surface area contributed by atoms with E-state index < -0.39 is 40.8 Å². The molecule has 11 heteroatoms. The standard InChI is InChI=1S/C24H27ClN2O7S/c1-4-7-32-20-16(25)10-14(22(29)33-8-5-2)11-17(20)27-21(28)18-12-15(13-26-18)19(24(31)35)23(30)34-9-6-3/h4-6,10-11,15,18-19,26H,1-3,7-9,12-13H2,(H,27,28)(H,31,35)/t15-,18+,19?/m1/s1. The van der Waals surface area contributed by atoms with Gasteiger partial charge in [0.05, 0.1) is 22.3 Å². The molecule has 1 saturated heterocycles. The molecule has 9 nitrogen and oxygen atoms in total. The minimum Gasteiger partial charge on any atom is -0.486 e. The number of rotatable bonds is 13. The molecule has 35 heavy (non-hydrogen) atoms. The summed E-state index contributed by atoms with van der Waals surface area (Å²) in [6.45, 7) is 10.8. The van der Waals surface area contributed by atoms with Crippen LogP contribution < -0.4 is 15.4 Å². The second-order valence-corrected chi connectivity index (χ2v) is 8.35. The first-order valence-corrected chi connectivity index (χ1v) is 11.5. The fourth-order valence-electron chi connectivity index (χ4n) is 3.47. The molecule has 1 heterocycles. The summed E-state index contributed by atoms with van der Waals surface area (Å²) in [5, 5.41) is 5.13. The fourth-order valence-corrected chi connectivity index (χ4v) is 4.06. The maximum absolute atomic E-state index is 13.0. The largest absolute Gasteiger partial charge is 0.486 e. The van der Waals surface area contributed by atoms with Crippen LogP contribution in [0.25, 0.3) is 0 Å². The zero-order chi connectivity index (χ0) is 26.0. The highest BCUT2D eigenvalue weighted by Gasteiger charge is 2.41. The summed E-state index contributed by atoms with van der Waals surface area (Å²) < 4.78 is 15.6. The van der Waals surface area contributed by atoms with Gasteiger partial charge in [-0.1, -0.05) is 49.6 Å². The Morgan fingerprint density at radius 2 is 1.77 bits per heavy atom. The summed E-state index contributed by atoms with van der Waals surface area (Å²) in [6, 6.07) is 2.00. The van der Waals surface area contributed by atoms with Gasteiger partial charge in [-0.05, 0) is 24.5 Å². The lowest BCUT2D eigenvalue weighted by Gasteiger charge is -2.19. The molecule has 0 radical (unpaired) electrons. The van der Waals surface area contributed by atoms with Crippen molar-refractivity contribution in [3.8, 4) is 5.75 Å². The summed E-state index contributed by atoms with van der Waals surface area (Å²) in [7, 11) is 0. The van der Waals surface area contributed by atoms with Crippen molar-refractivity contribution in [3.05, 3.63) is 60.7 Å². The monoisotopic (exact) mass is 522 g/mol. The Morgan fingerprint density at radius 3 is 2.40 bits per heavy atom. The lowest BCUT2D eigenvalue weighted by Crippen LogP contribution is -2.35. The van der Waals surface area contributed by atoms with Crippen LogP contribution in [0.3, 0.4) is 0 Å². The summed E-state index contributed by atoms with van der Waals surface area (Å²) in [5.74, 6) is -3.36. The molecule has 3 atom stereocenters. The van der Waals surface area contributed by atoms with Gasteiger partial charge in [0, 0.05) is 6.54 Å². The molecule has 1 amide bonds. The zero-order valence-corrected chi connectivity index (χ0v) is 20.6. The Balaban J connectivity index is 2.22. The van der Waals surface area contributed by atoms with Gasteiger partial charge in [0.1, 0.15) is 25.7 Å². The number of anilines is 1. The average Bonchev–Trinajstić information content (AvgIpc) is 3.30. The Labute approximate surface area is 213 Å². The first-order valence-electron chi connectivity index (χ1n) is 10.6. The zero-order valence-electron chi connectivity index (χ0n) is 19.0. The number of nitrogens with one attached hydrogen (secondary N) is 2. The van der Waals surface area contributed by atoms with Gasteiger partial charge in [0.15, 0.2) is 10.9 Å². The normalized spacial score (nSPS) is 17.5. The van der Waals surface area contributed by atoms with E-state index in [1.807, 2.05) is 0 Å². The van der Waals surface area contributed by atoms with Crippen molar-refractivity contribution < 1.29 is 33.4 Å². The van der Waals surface area contributed by atoms with E-state index in [-0.39, 0.29) is 54.8 Å². The van der Waals surface area contributed by atoms with Crippen LogP contribution >= 0.6 is 24.2 Å². The van der Waals surface area contributed by atoms with Crippen LogP contribution in [-0.2, 0) is 23.9 Å². The third-order valence-electron chi connectivity index (χ3n) is 5.03. The highest BCUT2D eigenvalue weighted by Crippen LogP contribution is 2.36. The summed E-state index contributed by atoms with van der Waals surface area (Å²) in [6.07, 6.45) is 4.47. The number of ether oxygens (including phenoxy) is 3. The highest BCUT2D eigenvalue weighted by molar-refractivity contribution is 7.96. The number of carbonyl (C=O) groups is 4. The molecule has 1 aliphatic heterocycles. The molecule has 1 aliphatic rings. The van der Waals surface area contributed by atoms with E-state index >= 15 is 0 Å². The third kappa shape index (κ3) is 7.71. The van der Waals surface area contributed by atoms with E-state index in [0.29, 0.717) is 0 Å². The maximum Gasteiger partial charge on any atom is 0.338 e. The Bertz CT molecular complexity index is 1010. The number of hydrogen-bond acceptors (Lipinski definition) is 8. The quantitative estimate of drug-likeness (QED) is 0.156. The number of carbonyl (C=O) groups excluding carboxylic acids is 4. The smallest absolute Gasteiger partial charge is 0.338 e. The van der Waals surface area contributed by atoms with Crippen molar-refractivity contribution >= 4 is 52.9 Å². The molecule has 0 spiro atoms. The molecule has 1 aromatic rings. The lowest BCUT2D eigenvalue weighted by molar-refractivity contribution is -0.151. The second kappa shape index (κ2) is 13.7. The molecule has 0 saturated carbocycles. The number of halogens is 1. The van der Waals surface area contributed by atoms with Crippen LogP contribution in [0, 0.1) is 11.8 Å². The van der Waals surface area contributed by atoms with Crippen LogP contribution in [0.1, 0.15) is 16.8 Å². The summed E-state index contributed by atoms with van der Waals surface area (Å²) in [4.78, 5) is 49.6. The van der Waals surface area contributed by atoms with E-state index in [1.165, 1.54) is 30.4 Å². The van der Waals surface area contributed by atoms with Crippen molar-refractivity contribution in [2.75, 3.05) is 31.7 Å². The Hall–Kier alpha value is -3.08. The van der Waals surface area contributed by atoms with E-state index in [2.05, 4.69) is 43.0 Å². The number of amides is 1. The van der Waals surface area contributed by atoms with Crippen LogP contribution in [0.5, 0.6) is 5.75 Å². The van der Waals surface area contributed by atoms with Crippen molar-refractivity contribution in [3.63, 3.8) is 0 Å². The fraction of sp³-hybridized carbons (Fsp3) is 0.333. The number of esters is 2. The van der Waals surface area contributed by atoms with Gasteiger partial charge in [0.2, 0.25) is 5.91 Å². The number of hydrogen-bond donors (Lipinski definition) is 3. The van der Waals surface area contributed by atoms with Gasteiger partial charge in [-0.15, -0.1) is 12.6 Å². The Morgan fingerprint density at radius 1 is 1.11 bits per heavy atom. The first-order chi connectivity index (χ1) is 16.7. The van der Waals surface area contributed by atoms with Crippen LogP contribution in [-0.4, -0.2) is 55.4 Å². The molecule has 0 bridgehead atoms. The number of thiol groups is 1. The van der Waals surface area contributed by atoms with Crippen LogP contribution in [0.2, 0.25) is 5.02 Å². The molecule has 0 aliphatic carbocycles.